The molecule has 26 heavy (non-hydrogen) atoms. The topological polar surface area (TPSA) is 85.2 Å². The van der Waals surface area contributed by atoms with Crippen molar-refractivity contribution >= 4 is 5.97 Å². The van der Waals surface area contributed by atoms with Crippen LogP contribution >= 0.6 is 0 Å². The van der Waals surface area contributed by atoms with Crippen LogP contribution in [0.4, 0.5) is 0 Å². The highest BCUT2D eigenvalue weighted by molar-refractivity contribution is 5.90. The van der Waals surface area contributed by atoms with E-state index in [4.69, 9.17) is 5.26 Å². The van der Waals surface area contributed by atoms with E-state index in [0.29, 0.717) is 18.0 Å². The zero-order valence-electron chi connectivity index (χ0n) is 14.7. The van der Waals surface area contributed by atoms with Gasteiger partial charge in [0.15, 0.2) is 0 Å². The molecule has 0 atom stereocenters. The third kappa shape index (κ3) is 4.69. The molecule has 1 aliphatic rings. The minimum Gasteiger partial charge on any atom is -0.478 e. The normalized spacial score (nSPS) is 14.7. The van der Waals surface area contributed by atoms with Crippen molar-refractivity contribution in [2.24, 2.45) is 5.92 Å². The van der Waals surface area contributed by atoms with Crippen LogP contribution in [-0.4, -0.2) is 30.7 Å². The minimum atomic E-state index is -0.942. The van der Waals surface area contributed by atoms with Crippen LogP contribution in [-0.2, 0) is 6.54 Å². The highest BCUT2D eigenvalue weighted by Crippen LogP contribution is 2.24. The molecule has 3 rings (SSSR count). The van der Waals surface area contributed by atoms with Gasteiger partial charge < -0.3 is 15.7 Å². The summed E-state index contributed by atoms with van der Waals surface area (Å²) in [6, 6.07) is 14.7. The zero-order valence-corrected chi connectivity index (χ0v) is 14.7. The smallest absolute Gasteiger partial charge is 0.335 e. The van der Waals surface area contributed by atoms with Crippen molar-refractivity contribution in [3.63, 3.8) is 0 Å². The average Bonchev–Trinajstić information content (AvgIpc) is 2.68. The zero-order chi connectivity index (χ0) is 18.4. The lowest BCUT2D eigenvalue weighted by Gasteiger charge is -2.23. The number of nitrogens with zero attached hydrogens (tertiary/aromatic N) is 1. The molecule has 0 spiro atoms. The lowest BCUT2D eigenvalue weighted by Crippen LogP contribution is -2.33. The van der Waals surface area contributed by atoms with Crippen molar-refractivity contribution in [2.75, 3.05) is 19.6 Å². The number of rotatable bonds is 6. The van der Waals surface area contributed by atoms with Crippen molar-refractivity contribution in [1.29, 1.82) is 5.26 Å². The van der Waals surface area contributed by atoms with Gasteiger partial charge in [-0.15, -0.1) is 0 Å². The largest absolute Gasteiger partial charge is 0.478 e. The molecule has 1 saturated heterocycles. The minimum absolute atomic E-state index is 0.267. The summed E-state index contributed by atoms with van der Waals surface area (Å²) >= 11 is 0. The van der Waals surface area contributed by atoms with Crippen molar-refractivity contribution in [2.45, 2.75) is 19.4 Å². The molecular formula is C21H23N3O2. The van der Waals surface area contributed by atoms with Gasteiger partial charge in [0.2, 0.25) is 0 Å². The van der Waals surface area contributed by atoms with Crippen LogP contribution in [0.5, 0.6) is 0 Å². The maximum atomic E-state index is 11.5. The molecular weight excluding hydrogens is 326 g/mol. The van der Waals surface area contributed by atoms with E-state index >= 15 is 0 Å². The number of carbonyl (C=O) groups is 1. The molecule has 0 aromatic heterocycles. The first-order chi connectivity index (χ1) is 12.7. The van der Waals surface area contributed by atoms with Crippen molar-refractivity contribution in [1.82, 2.24) is 10.6 Å². The summed E-state index contributed by atoms with van der Waals surface area (Å²) in [6.45, 7) is 3.72. The van der Waals surface area contributed by atoms with Crippen LogP contribution < -0.4 is 10.6 Å². The van der Waals surface area contributed by atoms with Gasteiger partial charge in [0.25, 0.3) is 0 Å². The van der Waals surface area contributed by atoms with Crippen LogP contribution in [0.15, 0.2) is 42.5 Å². The lowest BCUT2D eigenvalue weighted by molar-refractivity contribution is 0.0697. The van der Waals surface area contributed by atoms with Crippen LogP contribution in [0.3, 0.4) is 0 Å². The molecule has 5 heteroatoms. The van der Waals surface area contributed by atoms with E-state index in [9.17, 15) is 9.90 Å². The fourth-order valence-electron chi connectivity index (χ4n) is 3.36. The molecule has 0 saturated carbocycles. The predicted molar refractivity (Wildman–Crippen MR) is 101 cm³/mol. The average molecular weight is 349 g/mol. The van der Waals surface area contributed by atoms with E-state index in [1.807, 2.05) is 18.2 Å². The van der Waals surface area contributed by atoms with Gasteiger partial charge in [-0.1, -0.05) is 12.1 Å². The lowest BCUT2D eigenvalue weighted by atomic mass is 9.97. The number of hydrogen-bond donors (Lipinski definition) is 3. The number of carboxylic acids is 1. The Balaban J connectivity index is 1.77. The van der Waals surface area contributed by atoms with Crippen LogP contribution in [0, 0.1) is 17.2 Å². The summed E-state index contributed by atoms with van der Waals surface area (Å²) < 4.78 is 0. The monoisotopic (exact) mass is 349 g/mol. The van der Waals surface area contributed by atoms with E-state index in [2.05, 4.69) is 16.7 Å². The van der Waals surface area contributed by atoms with Gasteiger partial charge in [0, 0.05) is 6.54 Å². The molecule has 1 fully saturated rings. The fraction of sp³-hybridized carbons (Fsp3) is 0.333. The summed E-state index contributed by atoms with van der Waals surface area (Å²) in [7, 11) is 0. The number of nitrogens with one attached hydrogen (secondary N) is 2. The molecule has 134 valence electrons. The second-order valence-corrected chi connectivity index (χ2v) is 6.74. The summed E-state index contributed by atoms with van der Waals surface area (Å²) in [5, 5.41) is 25.3. The van der Waals surface area contributed by atoms with Gasteiger partial charge in [-0.05, 0) is 85.4 Å². The first-order valence-corrected chi connectivity index (χ1v) is 8.95. The Labute approximate surface area is 153 Å². The van der Waals surface area contributed by atoms with Gasteiger partial charge >= 0.3 is 5.97 Å². The van der Waals surface area contributed by atoms with E-state index in [-0.39, 0.29) is 5.56 Å². The number of piperidine rings is 1. The standard InChI is InChI=1S/C21H23N3O2/c22-12-16-2-1-3-18(8-16)19-9-17(10-20(11-19)21(25)26)14-24-13-15-4-6-23-7-5-15/h1-3,8-11,15,23-24H,4-7,13-14H2,(H,25,26). The molecule has 5 nitrogen and oxygen atoms in total. The molecule has 2 aromatic rings. The summed E-state index contributed by atoms with van der Waals surface area (Å²) in [5.74, 6) is -0.270. The number of nitriles is 1. The molecule has 0 amide bonds. The molecule has 0 bridgehead atoms. The Bertz CT molecular complexity index is 820. The maximum Gasteiger partial charge on any atom is 0.335 e. The van der Waals surface area contributed by atoms with Gasteiger partial charge in [-0.25, -0.2) is 4.79 Å². The van der Waals surface area contributed by atoms with Gasteiger partial charge in [0.05, 0.1) is 17.2 Å². The van der Waals surface area contributed by atoms with E-state index in [0.717, 1.165) is 36.3 Å². The van der Waals surface area contributed by atoms with Crippen LogP contribution in [0.2, 0.25) is 0 Å². The van der Waals surface area contributed by atoms with E-state index < -0.39 is 5.97 Å². The van der Waals surface area contributed by atoms with Gasteiger partial charge in [-0.3, -0.25) is 0 Å². The highest BCUT2D eigenvalue weighted by atomic mass is 16.4. The molecule has 0 aliphatic carbocycles. The Hall–Kier alpha value is -2.68. The Morgan fingerprint density at radius 2 is 2.00 bits per heavy atom. The number of aromatic carboxylic acids is 1. The maximum absolute atomic E-state index is 11.5. The highest BCUT2D eigenvalue weighted by Gasteiger charge is 2.13. The number of benzene rings is 2. The van der Waals surface area contributed by atoms with Crippen molar-refractivity contribution in [3.8, 4) is 17.2 Å². The molecule has 0 unspecified atom stereocenters. The number of hydrogen-bond acceptors (Lipinski definition) is 4. The summed E-state index contributed by atoms with van der Waals surface area (Å²) in [5.41, 5.74) is 3.45. The van der Waals surface area contributed by atoms with Crippen molar-refractivity contribution < 1.29 is 9.90 Å². The van der Waals surface area contributed by atoms with E-state index in [1.54, 1.807) is 24.3 Å². The number of carboxylic acid groups (broad SMARTS) is 1. The van der Waals surface area contributed by atoms with Gasteiger partial charge in [0.1, 0.15) is 0 Å². The molecule has 0 radical (unpaired) electrons. The quantitative estimate of drug-likeness (QED) is 0.746. The van der Waals surface area contributed by atoms with E-state index in [1.165, 1.54) is 12.8 Å². The van der Waals surface area contributed by atoms with Crippen LogP contribution in [0.25, 0.3) is 11.1 Å². The summed E-state index contributed by atoms with van der Waals surface area (Å²) in [4.78, 5) is 11.5. The third-order valence-electron chi connectivity index (χ3n) is 4.79. The fourth-order valence-corrected chi connectivity index (χ4v) is 3.36. The summed E-state index contributed by atoms with van der Waals surface area (Å²) in [6.07, 6.45) is 2.35. The van der Waals surface area contributed by atoms with Crippen LogP contribution in [0.1, 0.15) is 34.3 Å². The third-order valence-corrected chi connectivity index (χ3v) is 4.79. The van der Waals surface area contributed by atoms with Crippen molar-refractivity contribution in [3.05, 3.63) is 59.2 Å². The van der Waals surface area contributed by atoms with Gasteiger partial charge in [-0.2, -0.15) is 5.26 Å². The second kappa shape index (κ2) is 8.61. The first kappa shape index (κ1) is 18.1. The Kier molecular flexibility index (Phi) is 6.00. The molecule has 1 aliphatic heterocycles. The molecule has 3 N–H and O–H groups in total. The SMILES string of the molecule is N#Cc1cccc(-c2cc(CNCC3CCNCC3)cc(C(=O)O)c2)c1. The first-order valence-electron chi connectivity index (χ1n) is 8.95. The second-order valence-electron chi connectivity index (χ2n) is 6.74. The Morgan fingerprint density at radius 3 is 2.73 bits per heavy atom. The molecule has 2 aromatic carbocycles. The Morgan fingerprint density at radius 1 is 1.19 bits per heavy atom. The molecule has 1 heterocycles. The predicted octanol–water partition coefficient (Wildman–Crippen LogP) is 3.01.